The summed E-state index contributed by atoms with van der Waals surface area (Å²) >= 11 is 5.33. The minimum absolute atomic E-state index is 0.668. The molecule has 18 heavy (non-hydrogen) atoms. The molecule has 0 saturated carbocycles. The van der Waals surface area contributed by atoms with Gasteiger partial charge in [-0.15, -0.1) is 11.3 Å². The first-order chi connectivity index (χ1) is 8.85. The van der Waals surface area contributed by atoms with E-state index in [0.29, 0.717) is 6.04 Å². The standard InChI is InChI=1S/C13H18BrN3S/c1-2-10-5-3-4-6-16(10)12-11(9-14)17-7-8-18-13(17)15-12/h7-8,10H,2-6,9H2,1H3. The van der Waals surface area contributed by atoms with Crippen molar-refractivity contribution in [3.05, 3.63) is 17.3 Å². The fourth-order valence-corrected chi connectivity index (χ4v) is 4.13. The van der Waals surface area contributed by atoms with Crippen LogP contribution < -0.4 is 4.90 Å². The molecule has 1 atom stereocenters. The van der Waals surface area contributed by atoms with Crippen molar-refractivity contribution in [2.45, 2.75) is 44.0 Å². The SMILES string of the molecule is CCC1CCCCN1c1nc2sccn2c1CBr. The molecule has 0 bridgehead atoms. The van der Waals surface area contributed by atoms with E-state index >= 15 is 0 Å². The van der Waals surface area contributed by atoms with Crippen LogP contribution in [0.5, 0.6) is 0 Å². The highest BCUT2D eigenvalue weighted by Crippen LogP contribution is 2.31. The van der Waals surface area contributed by atoms with Crippen LogP contribution in [0, 0.1) is 0 Å². The molecule has 1 aliphatic heterocycles. The van der Waals surface area contributed by atoms with Gasteiger partial charge in [-0.25, -0.2) is 4.98 Å². The summed E-state index contributed by atoms with van der Waals surface area (Å²) in [7, 11) is 0. The molecule has 0 radical (unpaired) electrons. The number of fused-ring (bicyclic) bond motifs is 1. The Morgan fingerprint density at radius 3 is 3.17 bits per heavy atom. The van der Waals surface area contributed by atoms with Crippen molar-refractivity contribution in [3.63, 3.8) is 0 Å². The highest BCUT2D eigenvalue weighted by Gasteiger charge is 2.26. The van der Waals surface area contributed by atoms with E-state index in [1.54, 1.807) is 11.3 Å². The second kappa shape index (κ2) is 5.21. The Hall–Kier alpha value is -0.550. The van der Waals surface area contributed by atoms with Gasteiger partial charge in [0.2, 0.25) is 0 Å². The molecule has 0 N–H and O–H groups in total. The molecule has 2 aromatic heterocycles. The van der Waals surface area contributed by atoms with Gasteiger partial charge >= 0.3 is 0 Å². The number of aromatic nitrogens is 2. The Morgan fingerprint density at radius 1 is 1.50 bits per heavy atom. The summed E-state index contributed by atoms with van der Waals surface area (Å²) in [5.74, 6) is 1.20. The van der Waals surface area contributed by atoms with E-state index in [2.05, 4.69) is 43.7 Å². The van der Waals surface area contributed by atoms with E-state index in [0.717, 1.165) is 16.8 Å². The van der Waals surface area contributed by atoms with Gasteiger partial charge < -0.3 is 4.90 Å². The molecule has 0 spiro atoms. The van der Waals surface area contributed by atoms with Crippen LogP contribution in [0.15, 0.2) is 11.6 Å². The maximum atomic E-state index is 4.84. The number of piperidine rings is 1. The van der Waals surface area contributed by atoms with Crippen LogP contribution in [0.1, 0.15) is 38.3 Å². The maximum Gasteiger partial charge on any atom is 0.195 e. The number of rotatable bonds is 3. The molecule has 3 heterocycles. The van der Waals surface area contributed by atoms with E-state index < -0.39 is 0 Å². The van der Waals surface area contributed by atoms with Gasteiger partial charge in [0, 0.05) is 29.5 Å². The minimum atomic E-state index is 0.668. The highest BCUT2D eigenvalue weighted by molar-refractivity contribution is 9.08. The minimum Gasteiger partial charge on any atom is -0.352 e. The van der Waals surface area contributed by atoms with Gasteiger partial charge in [0.25, 0.3) is 0 Å². The number of anilines is 1. The Balaban J connectivity index is 2.03. The summed E-state index contributed by atoms with van der Waals surface area (Å²) in [4.78, 5) is 8.48. The zero-order chi connectivity index (χ0) is 12.5. The third-order valence-electron chi connectivity index (χ3n) is 3.84. The van der Waals surface area contributed by atoms with Crippen LogP contribution >= 0.6 is 27.3 Å². The molecule has 98 valence electrons. The van der Waals surface area contributed by atoms with Crippen LogP contribution in [0.2, 0.25) is 0 Å². The quantitative estimate of drug-likeness (QED) is 0.792. The van der Waals surface area contributed by atoms with Crippen LogP contribution in [0.25, 0.3) is 4.96 Å². The summed E-state index contributed by atoms with van der Waals surface area (Å²) in [5.41, 5.74) is 1.30. The average Bonchev–Trinajstić information content (AvgIpc) is 2.98. The molecule has 2 aromatic rings. The van der Waals surface area contributed by atoms with E-state index in [1.807, 2.05) is 0 Å². The van der Waals surface area contributed by atoms with Gasteiger partial charge in [0.1, 0.15) is 0 Å². The lowest BCUT2D eigenvalue weighted by atomic mass is 10.00. The van der Waals surface area contributed by atoms with Crippen molar-refractivity contribution in [2.24, 2.45) is 0 Å². The Bertz CT molecular complexity index is 533. The summed E-state index contributed by atoms with van der Waals surface area (Å²) in [6.45, 7) is 3.44. The zero-order valence-electron chi connectivity index (χ0n) is 10.6. The second-order valence-electron chi connectivity index (χ2n) is 4.82. The Labute approximate surface area is 120 Å². The molecule has 5 heteroatoms. The van der Waals surface area contributed by atoms with Crippen LogP contribution in [0.3, 0.4) is 0 Å². The lowest BCUT2D eigenvalue weighted by Gasteiger charge is -2.36. The van der Waals surface area contributed by atoms with Crippen molar-refractivity contribution in [1.29, 1.82) is 0 Å². The molecule has 0 aromatic carbocycles. The number of imidazole rings is 1. The third-order valence-corrected chi connectivity index (χ3v) is 5.12. The summed E-state index contributed by atoms with van der Waals surface area (Å²) < 4.78 is 2.22. The zero-order valence-corrected chi connectivity index (χ0v) is 13.0. The largest absolute Gasteiger partial charge is 0.352 e. The summed E-state index contributed by atoms with van der Waals surface area (Å²) in [6.07, 6.45) is 7.30. The van der Waals surface area contributed by atoms with Gasteiger partial charge in [-0.2, -0.15) is 0 Å². The van der Waals surface area contributed by atoms with Gasteiger partial charge in [0.05, 0.1) is 5.69 Å². The molecule has 1 unspecified atom stereocenters. The fourth-order valence-electron chi connectivity index (χ4n) is 2.88. The monoisotopic (exact) mass is 327 g/mol. The number of halogens is 1. The highest BCUT2D eigenvalue weighted by atomic mass is 79.9. The Morgan fingerprint density at radius 2 is 2.39 bits per heavy atom. The second-order valence-corrected chi connectivity index (χ2v) is 6.26. The van der Waals surface area contributed by atoms with E-state index in [-0.39, 0.29) is 0 Å². The topological polar surface area (TPSA) is 20.5 Å². The lowest BCUT2D eigenvalue weighted by molar-refractivity contribution is 0.446. The van der Waals surface area contributed by atoms with E-state index in [4.69, 9.17) is 4.98 Å². The molecular weight excluding hydrogens is 310 g/mol. The van der Waals surface area contributed by atoms with Crippen molar-refractivity contribution in [2.75, 3.05) is 11.4 Å². The molecular formula is C13H18BrN3S. The summed E-state index contributed by atoms with van der Waals surface area (Å²) in [5, 5.41) is 2.97. The number of hydrogen-bond acceptors (Lipinski definition) is 3. The van der Waals surface area contributed by atoms with Crippen LogP contribution in [0.4, 0.5) is 5.82 Å². The van der Waals surface area contributed by atoms with Crippen molar-refractivity contribution >= 4 is 38.0 Å². The van der Waals surface area contributed by atoms with Crippen LogP contribution in [-0.4, -0.2) is 22.0 Å². The predicted octanol–water partition coefficient (Wildman–Crippen LogP) is 4.06. The first-order valence-electron chi connectivity index (χ1n) is 6.62. The smallest absolute Gasteiger partial charge is 0.195 e. The normalized spacial score (nSPS) is 20.8. The predicted molar refractivity (Wildman–Crippen MR) is 81.0 cm³/mol. The molecule has 3 rings (SSSR count). The molecule has 1 fully saturated rings. The lowest BCUT2D eigenvalue weighted by Crippen LogP contribution is -2.39. The first-order valence-corrected chi connectivity index (χ1v) is 8.62. The van der Waals surface area contributed by atoms with Crippen LogP contribution in [-0.2, 0) is 5.33 Å². The van der Waals surface area contributed by atoms with Gasteiger partial charge in [0.15, 0.2) is 10.8 Å². The fraction of sp³-hybridized carbons (Fsp3) is 0.615. The third kappa shape index (κ3) is 1.97. The number of nitrogens with zero attached hydrogens (tertiary/aromatic N) is 3. The number of hydrogen-bond donors (Lipinski definition) is 0. The van der Waals surface area contributed by atoms with Gasteiger partial charge in [-0.05, 0) is 25.7 Å². The average molecular weight is 328 g/mol. The van der Waals surface area contributed by atoms with Crippen molar-refractivity contribution in [1.82, 2.24) is 9.38 Å². The Kier molecular flexibility index (Phi) is 3.61. The maximum absolute atomic E-state index is 4.84. The molecule has 0 amide bonds. The van der Waals surface area contributed by atoms with Crippen molar-refractivity contribution < 1.29 is 0 Å². The molecule has 3 nitrogen and oxygen atoms in total. The van der Waals surface area contributed by atoms with Gasteiger partial charge in [-0.3, -0.25) is 4.40 Å². The molecule has 0 aliphatic carbocycles. The summed E-state index contributed by atoms with van der Waals surface area (Å²) in [6, 6.07) is 0.668. The van der Waals surface area contributed by atoms with Gasteiger partial charge in [-0.1, -0.05) is 22.9 Å². The number of thiazole rings is 1. The first kappa shape index (κ1) is 12.5. The number of alkyl halides is 1. The van der Waals surface area contributed by atoms with E-state index in [9.17, 15) is 0 Å². The molecule has 1 aliphatic rings. The van der Waals surface area contributed by atoms with E-state index in [1.165, 1.54) is 37.2 Å². The molecule has 1 saturated heterocycles. The van der Waals surface area contributed by atoms with Crippen molar-refractivity contribution in [3.8, 4) is 0 Å².